The Bertz CT molecular complexity index is 145. The average molecular weight is 145 g/mol. The minimum atomic E-state index is -1.20. The van der Waals surface area contributed by atoms with Crippen LogP contribution in [-0.2, 0) is 0 Å². The first-order valence-corrected chi connectivity index (χ1v) is 2.89. The maximum Gasteiger partial charge on any atom is 0.0877 e. The van der Waals surface area contributed by atoms with Crippen LogP contribution in [0.1, 0.15) is 13.8 Å². The second-order valence-corrected chi connectivity index (χ2v) is 2.58. The molecule has 1 unspecified atom stereocenters. The number of hydrogen-bond donors (Lipinski definition) is 2. The van der Waals surface area contributed by atoms with Gasteiger partial charge in [0.2, 0.25) is 0 Å². The van der Waals surface area contributed by atoms with E-state index in [-0.39, 0.29) is 6.54 Å². The number of aliphatic hydroxyl groups is 2. The number of aliphatic hydroxyl groups excluding tert-OH is 1. The summed E-state index contributed by atoms with van der Waals surface area (Å²) in [6, 6.07) is 0. The van der Waals surface area contributed by atoms with Crippen LogP contribution in [-0.4, -0.2) is 28.5 Å². The van der Waals surface area contributed by atoms with Crippen molar-refractivity contribution >= 4 is 0 Å². The zero-order chi connectivity index (χ0) is 8.20. The molecule has 0 heterocycles. The average Bonchev–Trinajstić information content (AvgIpc) is 1.80. The molecule has 10 heavy (non-hydrogen) atoms. The van der Waals surface area contributed by atoms with Crippen molar-refractivity contribution in [2.24, 2.45) is 5.11 Å². The van der Waals surface area contributed by atoms with Crippen LogP contribution in [0, 0.1) is 0 Å². The van der Waals surface area contributed by atoms with Crippen molar-refractivity contribution in [3.63, 3.8) is 0 Å². The third-order valence-corrected chi connectivity index (χ3v) is 1.13. The zero-order valence-electron chi connectivity index (χ0n) is 6.02. The monoisotopic (exact) mass is 145 g/mol. The summed E-state index contributed by atoms with van der Waals surface area (Å²) in [6.07, 6.45) is -0.997. The second kappa shape index (κ2) is 3.41. The van der Waals surface area contributed by atoms with E-state index in [1.165, 1.54) is 13.8 Å². The molecule has 0 aromatic carbocycles. The number of azide groups is 1. The Balaban J connectivity index is 3.84. The fraction of sp³-hybridized carbons (Fsp3) is 1.00. The van der Waals surface area contributed by atoms with Gasteiger partial charge in [-0.1, -0.05) is 5.11 Å². The fourth-order valence-electron chi connectivity index (χ4n) is 0.337. The molecular weight excluding hydrogens is 134 g/mol. The molecule has 0 fully saturated rings. The van der Waals surface area contributed by atoms with Gasteiger partial charge in [-0.05, 0) is 19.4 Å². The highest BCUT2D eigenvalue weighted by molar-refractivity contribution is 4.77. The molecular formula is C5H11N3O2. The molecule has 0 radical (unpaired) electrons. The van der Waals surface area contributed by atoms with E-state index < -0.39 is 11.7 Å². The van der Waals surface area contributed by atoms with Crippen molar-refractivity contribution in [2.75, 3.05) is 6.54 Å². The summed E-state index contributed by atoms with van der Waals surface area (Å²) in [4.78, 5) is 2.44. The standard InChI is InChI=1S/C5H11N3O2/c1-5(2,10)4(9)3-7-8-6/h4,9-10H,3H2,1-2H3. The molecule has 0 aliphatic heterocycles. The highest BCUT2D eigenvalue weighted by Crippen LogP contribution is 2.07. The molecule has 0 aromatic heterocycles. The van der Waals surface area contributed by atoms with E-state index in [1.54, 1.807) is 0 Å². The lowest BCUT2D eigenvalue weighted by Crippen LogP contribution is -2.37. The van der Waals surface area contributed by atoms with E-state index in [2.05, 4.69) is 10.0 Å². The molecule has 1 atom stereocenters. The van der Waals surface area contributed by atoms with Crippen LogP contribution in [0.3, 0.4) is 0 Å². The topological polar surface area (TPSA) is 89.2 Å². The summed E-state index contributed by atoms with van der Waals surface area (Å²) < 4.78 is 0. The molecule has 0 aliphatic rings. The van der Waals surface area contributed by atoms with Gasteiger partial charge in [-0.15, -0.1) is 0 Å². The maximum absolute atomic E-state index is 9.08. The Hall–Kier alpha value is -0.770. The molecule has 0 aliphatic carbocycles. The number of hydrogen-bond acceptors (Lipinski definition) is 3. The Kier molecular flexibility index (Phi) is 3.15. The van der Waals surface area contributed by atoms with Crippen molar-refractivity contribution in [3.8, 4) is 0 Å². The molecule has 0 spiro atoms. The van der Waals surface area contributed by atoms with Gasteiger partial charge in [0.25, 0.3) is 0 Å². The normalized spacial score (nSPS) is 14.0. The van der Waals surface area contributed by atoms with Gasteiger partial charge >= 0.3 is 0 Å². The van der Waals surface area contributed by atoms with Gasteiger partial charge in [0.15, 0.2) is 0 Å². The van der Waals surface area contributed by atoms with Gasteiger partial charge in [-0.2, -0.15) is 0 Å². The lowest BCUT2D eigenvalue weighted by atomic mass is 10.0. The third kappa shape index (κ3) is 3.29. The highest BCUT2D eigenvalue weighted by atomic mass is 16.3. The van der Waals surface area contributed by atoms with Crippen LogP contribution in [0.2, 0.25) is 0 Å². The van der Waals surface area contributed by atoms with Crippen LogP contribution in [0.4, 0.5) is 0 Å². The van der Waals surface area contributed by atoms with Crippen LogP contribution >= 0.6 is 0 Å². The predicted octanol–water partition coefficient (Wildman–Crippen LogP) is 0.428. The summed E-state index contributed by atoms with van der Waals surface area (Å²) in [5, 5.41) is 21.2. The fourth-order valence-corrected chi connectivity index (χ4v) is 0.337. The smallest absolute Gasteiger partial charge is 0.0877 e. The Labute approximate surface area is 58.9 Å². The molecule has 0 saturated carbocycles. The summed E-state index contributed by atoms with van der Waals surface area (Å²) >= 11 is 0. The summed E-state index contributed by atoms with van der Waals surface area (Å²) in [5.74, 6) is 0. The lowest BCUT2D eigenvalue weighted by molar-refractivity contribution is -0.0422. The molecule has 0 amide bonds. The minimum Gasteiger partial charge on any atom is -0.390 e. The van der Waals surface area contributed by atoms with Crippen LogP contribution in [0.5, 0.6) is 0 Å². The highest BCUT2D eigenvalue weighted by Gasteiger charge is 2.22. The molecule has 0 saturated heterocycles. The van der Waals surface area contributed by atoms with Crippen molar-refractivity contribution in [3.05, 3.63) is 10.4 Å². The molecule has 0 aromatic rings. The zero-order valence-corrected chi connectivity index (χ0v) is 6.02. The number of nitrogens with zero attached hydrogens (tertiary/aromatic N) is 3. The SMILES string of the molecule is CC(C)(O)C(O)CN=[N+]=[N-]. The van der Waals surface area contributed by atoms with Crippen molar-refractivity contribution < 1.29 is 10.2 Å². The van der Waals surface area contributed by atoms with E-state index in [0.717, 1.165) is 0 Å². The predicted molar refractivity (Wildman–Crippen MR) is 36.3 cm³/mol. The van der Waals surface area contributed by atoms with Crippen LogP contribution in [0.15, 0.2) is 5.11 Å². The molecule has 2 N–H and O–H groups in total. The third-order valence-electron chi connectivity index (χ3n) is 1.13. The van der Waals surface area contributed by atoms with Crippen LogP contribution in [0.25, 0.3) is 10.4 Å². The molecule has 5 nitrogen and oxygen atoms in total. The summed E-state index contributed by atoms with van der Waals surface area (Å²) in [7, 11) is 0. The Morgan fingerprint density at radius 2 is 2.20 bits per heavy atom. The Morgan fingerprint density at radius 1 is 1.70 bits per heavy atom. The van der Waals surface area contributed by atoms with E-state index >= 15 is 0 Å². The van der Waals surface area contributed by atoms with Gasteiger partial charge in [0, 0.05) is 4.91 Å². The first-order chi connectivity index (χ1) is 4.48. The van der Waals surface area contributed by atoms with E-state index in [4.69, 9.17) is 15.7 Å². The van der Waals surface area contributed by atoms with E-state index in [0.29, 0.717) is 0 Å². The summed E-state index contributed by atoms with van der Waals surface area (Å²) in [5.41, 5.74) is 6.65. The molecule has 58 valence electrons. The van der Waals surface area contributed by atoms with Gasteiger partial charge < -0.3 is 10.2 Å². The lowest BCUT2D eigenvalue weighted by Gasteiger charge is -2.22. The molecule has 0 bridgehead atoms. The molecule has 0 rings (SSSR count). The number of rotatable bonds is 3. The van der Waals surface area contributed by atoms with Gasteiger partial charge in [-0.3, -0.25) is 0 Å². The summed E-state index contributed by atoms with van der Waals surface area (Å²) in [6.45, 7) is 2.80. The maximum atomic E-state index is 9.08. The second-order valence-electron chi connectivity index (χ2n) is 2.58. The first-order valence-electron chi connectivity index (χ1n) is 2.89. The minimum absolute atomic E-state index is 0.0972. The van der Waals surface area contributed by atoms with Gasteiger partial charge in [0.1, 0.15) is 0 Å². The Morgan fingerprint density at radius 3 is 2.50 bits per heavy atom. The largest absolute Gasteiger partial charge is 0.390 e. The van der Waals surface area contributed by atoms with Crippen molar-refractivity contribution in [2.45, 2.75) is 25.6 Å². The van der Waals surface area contributed by atoms with Gasteiger partial charge in [-0.25, -0.2) is 0 Å². The quantitative estimate of drug-likeness (QED) is 0.342. The van der Waals surface area contributed by atoms with Crippen LogP contribution < -0.4 is 0 Å². The van der Waals surface area contributed by atoms with Gasteiger partial charge in [0.05, 0.1) is 18.2 Å². The first kappa shape index (κ1) is 9.23. The molecule has 5 heteroatoms. The van der Waals surface area contributed by atoms with Crippen molar-refractivity contribution in [1.82, 2.24) is 0 Å². The van der Waals surface area contributed by atoms with E-state index in [9.17, 15) is 0 Å². The van der Waals surface area contributed by atoms with E-state index in [1.807, 2.05) is 0 Å². The van der Waals surface area contributed by atoms with Crippen molar-refractivity contribution in [1.29, 1.82) is 0 Å².